The standard InChI is InChI=1S/C17H18FNO4S2/c1-19(9-15(21)11-5-7-12(18)8-6-11)25(22,23)16-10-24-17-13(16)3-2-4-14(17)20/h5-8,10,15,21H,2-4,9H2,1H3. The largest absolute Gasteiger partial charge is 0.387 e. The molecule has 8 heteroatoms. The van der Waals surface area contributed by atoms with Gasteiger partial charge in [-0.2, -0.15) is 4.31 Å². The lowest BCUT2D eigenvalue weighted by molar-refractivity contribution is 0.0976. The van der Waals surface area contributed by atoms with Crippen molar-refractivity contribution in [2.45, 2.75) is 30.3 Å². The number of thiophene rings is 1. The zero-order valence-corrected chi connectivity index (χ0v) is 15.2. The number of halogens is 1. The molecule has 0 spiro atoms. The monoisotopic (exact) mass is 383 g/mol. The molecular formula is C17H18FNO4S2. The number of rotatable bonds is 5. The highest BCUT2D eigenvalue weighted by Crippen LogP contribution is 2.34. The number of nitrogens with zero attached hydrogens (tertiary/aromatic N) is 1. The van der Waals surface area contributed by atoms with Gasteiger partial charge in [-0.25, -0.2) is 12.8 Å². The average Bonchev–Trinajstić information content (AvgIpc) is 3.01. The Morgan fingerprint density at radius 2 is 1.96 bits per heavy atom. The maximum Gasteiger partial charge on any atom is 0.244 e. The summed E-state index contributed by atoms with van der Waals surface area (Å²) >= 11 is 1.16. The third-order valence-electron chi connectivity index (χ3n) is 4.31. The van der Waals surface area contributed by atoms with Crippen molar-refractivity contribution < 1.29 is 22.7 Å². The van der Waals surface area contributed by atoms with Crippen molar-refractivity contribution in [2.24, 2.45) is 0 Å². The highest BCUT2D eigenvalue weighted by molar-refractivity contribution is 7.89. The van der Waals surface area contributed by atoms with Crippen molar-refractivity contribution in [1.29, 1.82) is 0 Å². The molecule has 0 fully saturated rings. The van der Waals surface area contributed by atoms with Crippen LogP contribution in [0.3, 0.4) is 0 Å². The predicted molar refractivity (Wildman–Crippen MR) is 92.8 cm³/mol. The molecule has 1 aromatic carbocycles. The van der Waals surface area contributed by atoms with Gasteiger partial charge in [0.2, 0.25) is 10.0 Å². The van der Waals surface area contributed by atoms with E-state index in [4.69, 9.17) is 0 Å². The number of Topliss-reactive ketones (excluding diaryl/α,β-unsaturated/α-hetero) is 1. The van der Waals surface area contributed by atoms with Crippen molar-refractivity contribution in [3.05, 3.63) is 51.5 Å². The fourth-order valence-corrected chi connectivity index (χ4v) is 5.73. The molecule has 0 aliphatic heterocycles. The number of sulfonamides is 1. The summed E-state index contributed by atoms with van der Waals surface area (Å²) in [6, 6.07) is 5.28. The smallest absolute Gasteiger partial charge is 0.244 e. The summed E-state index contributed by atoms with van der Waals surface area (Å²) in [4.78, 5) is 12.6. The first-order valence-corrected chi connectivity index (χ1v) is 10.2. The lowest BCUT2D eigenvalue weighted by Gasteiger charge is -2.22. The Kier molecular flexibility index (Phi) is 5.06. The van der Waals surface area contributed by atoms with Crippen molar-refractivity contribution in [3.63, 3.8) is 0 Å². The van der Waals surface area contributed by atoms with Gasteiger partial charge in [0.25, 0.3) is 0 Å². The summed E-state index contributed by atoms with van der Waals surface area (Å²) in [6.45, 7) is -0.160. The van der Waals surface area contributed by atoms with Crippen LogP contribution >= 0.6 is 11.3 Å². The normalized spacial score (nSPS) is 16.1. The van der Waals surface area contributed by atoms with Gasteiger partial charge in [0, 0.05) is 25.4 Å². The number of likely N-dealkylation sites (N-methyl/N-ethyl adjacent to an activating group) is 1. The maximum atomic E-state index is 13.0. The zero-order chi connectivity index (χ0) is 18.2. The minimum Gasteiger partial charge on any atom is -0.387 e. The zero-order valence-electron chi connectivity index (χ0n) is 13.6. The molecule has 3 rings (SSSR count). The van der Waals surface area contributed by atoms with E-state index in [2.05, 4.69) is 0 Å². The van der Waals surface area contributed by atoms with Gasteiger partial charge in [0.15, 0.2) is 5.78 Å². The van der Waals surface area contributed by atoms with Crippen LogP contribution in [0.4, 0.5) is 4.39 Å². The highest BCUT2D eigenvalue weighted by Gasteiger charge is 2.31. The van der Waals surface area contributed by atoms with Gasteiger partial charge in [-0.15, -0.1) is 11.3 Å². The first-order valence-electron chi connectivity index (χ1n) is 7.84. The third-order valence-corrected chi connectivity index (χ3v) is 7.41. The SMILES string of the molecule is CN(CC(O)c1ccc(F)cc1)S(=O)(=O)c1csc2c1CCCC2=O. The molecule has 0 saturated heterocycles. The molecule has 1 heterocycles. The van der Waals surface area contributed by atoms with Crippen LogP contribution in [0.15, 0.2) is 34.5 Å². The van der Waals surface area contributed by atoms with E-state index >= 15 is 0 Å². The van der Waals surface area contributed by atoms with Gasteiger partial charge in [-0.1, -0.05) is 12.1 Å². The van der Waals surface area contributed by atoms with Gasteiger partial charge in [-0.05, 0) is 36.1 Å². The number of benzene rings is 1. The summed E-state index contributed by atoms with van der Waals surface area (Å²) in [5.41, 5.74) is 1.02. The van der Waals surface area contributed by atoms with E-state index in [1.807, 2.05) is 0 Å². The predicted octanol–water partition coefficient (Wildman–Crippen LogP) is 2.76. The van der Waals surface area contributed by atoms with E-state index in [9.17, 15) is 22.7 Å². The van der Waals surface area contributed by atoms with E-state index in [1.165, 1.54) is 36.7 Å². The first kappa shape index (κ1) is 18.2. The van der Waals surface area contributed by atoms with Crippen LogP contribution in [-0.4, -0.2) is 37.2 Å². The summed E-state index contributed by atoms with van der Waals surface area (Å²) in [7, 11) is -2.43. The Labute approximate surface area is 149 Å². The molecule has 5 nitrogen and oxygen atoms in total. The van der Waals surface area contributed by atoms with Gasteiger partial charge in [0.1, 0.15) is 5.82 Å². The molecule has 134 valence electrons. The number of ketones is 1. The Morgan fingerprint density at radius 3 is 2.64 bits per heavy atom. The Balaban J connectivity index is 1.82. The average molecular weight is 383 g/mol. The molecule has 1 aliphatic carbocycles. The minimum absolute atomic E-state index is 0.0123. The van der Waals surface area contributed by atoms with Crippen molar-refractivity contribution >= 4 is 27.1 Å². The second-order valence-corrected chi connectivity index (χ2v) is 8.93. The quantitative estimate of drug-likeness (QED) is 0.862. The van der Waals surface area contributed by atoms with Crippen LogP contribution in [0.2, 0.25) is 0 Å². The molecule has 1 aromatic heterocycles. The molecule has 1 atom stereocenters. The molecule has 0 bridgehead atoms. The van der Waals surface area contributed by atoms with Gasteiger partial charge in [0.05, 0.1) is 15.9 Å². The van der Waals surface area contributed by atoms with Crippen molar-refractivity contribution in [3.8, 4) is 0 Å². The molecular weight excluding hydrogens is 365 g/mol. The number of carbonyl (C=O) groups is 1. The van der Waals surface area contributed by atoms with Gasteiger partial charge in [-0.3, -0.25) is 4.79 Å². The molecule has 0 amide bonds. The van der Waals surface area contributed by atoms with Gasteiger partial charge < -0.3 is 5.11 Å². The van der Waals surface area contributed by atoms with Crippen LogP contribution in [0.25, 0.3) is 0 Å². The maximum absolute atomic E-state index is 13.0. The van der Waals surface area contributed by atoms with E-state index in [1.54, 1.807) is 0 Å². The minimum atomic E-state index is -3.81. The number of hydrogen-bond donors (Lipinski definition) is 1. The fraction of sp³-hybridized carbons (Fsp3) is 0.353. The number of hydrogen-bond acceptors (Lipinski definition) is 5. The molecule has 2 aromatic rings. The van der Waals surface area contributed by atoms with Gasteiger partial charge >= 0.3 is 0 Å². The molecule has 0 radical (unpaired) electrons. The molecule has 1 aliphatic rings. The van der Waals surface area contributed by atoms with E-state index in [-0.39, 0.29) is 17.2 Å². The highest BCUT2D eigenvalue weighted by atomic mass is 32.2. The summed E-state index contributed by atoms with van der Waals surface area (Å²) in [6.07, 6.45) is 0.587. The Hall–Kier alpha value is -1.61. The molecule has 1 N–H and O–H groups in total. The summed E-state index contributed by atoms with van der Waals surface area (Å²) < 4.78 is 39.7. The van der Waals surface area contributed by atoms with Crippen LogP contribution in [0.5, 0.6) is 0 Å². The molecule has 0 saturated carbocycles. The lowest BCUT2D eigenvalue weighted by atomic mass is 9.98. The van der Waals surface area contributed by atoms with Crippen molar-refractivity contribution in [2.75, 3.05) is 13.6 Å². The Bertz CT molecular complexity index is 890. The fourth-order valence-electron chi connectivity index (χ4n) is 2.89. The number of fused-ring (bicyclic) bond motifs is 1. The van der Waals surface area contributed by atoms with Crippen LogP contribution < -0.4 is 0 Å². The Morgan fingerprint density at radius 1 is 1.28 bits per heavy atom. The topological polar surface area (TPSA) is 74.7 Å². The van der Waals surface area contributed by atoms with Crippen molar-refractivity contribution in [1.82, 2.24) is 4.31 Å². The third kappa shape index (κ3) is 3.52. The number of aliphatic hydroxyl groups is 1. The van der Waals surface area contributed by atoms with E-state index in [0.717, 1.165) is 15.6 Å². The van der Waals surface area contributed by atoms with Crippen LogP contribution in [0.1, 0.15) is 39.7 Å². The van der Waals surface area contributed by atoms with Crippen LogP contribution in [-0.2, 0) is 16.4 Å². The second-order valence-electron chi connectivity index (χ2n) is 6.04. The van der Waals surface area contributed by atoms with Crippen LogP contribution in [0, 0.1) is 5.82 Å². The van der Waals surface area contributed by atoms with E-state index in [0.29, 0.717) is 35.3 Å². The molecule has 25 heavy (non-hydrogen) atoms. The summed E-state index contributed by atoms with van der Waals surface area (Å²) in [5, 5.41) is 11.7. The number of aliphatic hydroxyl groups excluding tert-OH is 1. The molecule has 1 unspecified atom stereocenters. The van der Waals surface area contributed by atoms with E-state index < -0.39 is 21.9 Å². The second kappa shape index (κ2) is 6.95. The first-order chi connectivity index (χ1) is 11.8. The summed E-state index contributed by atoms with van der Waals surface area (Å²) in [5.74, 6) is -0.437. The number of carbonyl (C=O) groups excluding carboxylic acids is 1. The lowest BCUT2D eigenvalue weighted by Crippen LogP contribution is -2.31.